The summed E-state index contributed by atoms with van der Waals surface area (Å²) in [7, 11) is 1.37. The second-order valence-electron chi connectivity index (χ2n) is 22.7. The normalized spacial score (nSPS) is 29.2. The Labute approximate surface area is 536 Å². The van der Waals surface area contributed by atoms with E-state index in [0.29, 0.717) is 5.56 Å². The summed E-state index contributed by atoms with van der Waals surface area (Å²) < 4.78 is 71.7. The highest BCUT2D eigenvalue weighted by Gasteiger charge is 2.77. The van der Waals surface area contributed by atoms with Gasteiger partial charge < -0.3 is 81.6 Å². The SMILES string of the molecule is CC(C)[C@H](NC(=O)CCN1C(=O)C=CC1=O)C(=O)N[C@@H](CCCNC(N)=O)C(=O)Nc1ccc(COC(=O)N(C)CCOC(=O)O[C@H]2[C@H](n3cnc4c(N)ncnc43)OC34C[C@H]3OP(O)(=S)O[C@H]3[C@H](n5cnc6c(N)ncnc65)OC5(C[C@H]5OP(=O)(S)O[C@@H]24)[C@H]3O)cc1. The summed E-state index contributed by atoms with van der Waals surface area (Å²) in [5, 5.41) is 22.3. The van der Waals surface area contributed by atoms with E-state index in [4.69, 9.17) is 70.8 Å². The van der Waals surface area contributed by atoms with E-state index < -0.39 is 146 Å². The van der Waals surface area contributed by atoms with Gasteiger partial charge in [0.05, 0.1) is 19.2 Å². The summed E-state index contributed by atoms with van der Waals surface area (Å²) in [4.78, 5) is 142. The van der Waals surface area contributed by atoms with Crippen molar-refractivity contribution in [1.82, 2.24) is 64.8 Å². The maximum Gasteiger partial charge on any atom is 0.508 e. The second-order valence-corrected chi connectivity index (χ2v) is 28.3. The van der Waals surface area contributed by atoms with Crippen LogP contribution in [0.3, 0.4) is 0 Å². The highest BCUT2D eigenvalue weighted by Crippen LogP contribution is 2.70. The highest BCUT2D eigenvalue weighted by atomic mass is 32.7. The molecule has 8 heterocycles. The lowest BCUT2D eigenvalue weighted by atomic mass is 10.0. The minimum atomic E-state index is -4.66. The van der Waals surface area contributed by atoms with Crippen molar-refractivity contribution in [3.8, 4) is 0 Å². The lowest BCUT2D eigenvalue weighted by Crippen LogP contribution is -2.54. The van der Waals surface area contributed by atoms with Crippen LogP contribution in [0.5, 0.6) is 0 Å². The molecule has 93 heavy (non-hydrogen) atoms. The molecule has 2 bridgehead atoms. The Morgan fingerprint density at radius 2 is 1.47 bits per heavy atom. The third kappa shape index (κ3) is 14.1. The number of aromatic nitrogens is 8. The van der Waals surface area contributed by atoms with Crippen LogP contribution in [0.4, 0.5) is 31.7 Å². The minimum absolute atomic E-state index is 0.0171. The Hall–Kier alpha value is -8.07. The van der Waals surface area contributed by atoms with Crippen LogP contribution in [0, 0.1) is 5.92 Å². The van der Waals surface area contributed by atoms with E-state index in [9.17, 15) is 52.9 Å². The van der Waals surface area contributed by atoms with Gasteiger partial charge in [-0.25, -0.2) is 48.9 Å². The fourth-order valence-corrected chi connectivity index (χ4v) is 14.7. The van der Waals surface area contributed by atoms with E-state index in [1.54, 1.807) is 26.0 Å². The van der Waals surface area contributed by atoms with Crippen molar-refractivity contribution in [2.45, 2.75) is 125 Å². The molecule has 0 radical (unpaired) electrons. The topological polar surface area (TPSA) is 497 Å². The number of carbonyl (C=O) groups is 8. The summed E-state index contributed by atoms with van der Waals surface area (Å²) in [6.45, 7) is -6.90. The smallest absolute Gasteiger partial charge is 0.445 e. The number of nitrogen functional groups attached to an aromatic ring is 2. The number of anilines is 3. The number of amides is 8. The molecular weight excluding hydrogens is 1310 g/mol. The van der Waals surface area contributed by atoms with Gasteiger partial charge in [0.15, 0.2) is 41.5 Å². The first-order valence-electron chi connectivity index (χ1n) is 28.7. The molecule has 4 unspecified atom stereocenters. The molecule has 2 saturated carbocycles. The van der Waals surface area contributed by atoms with Gasteiger partial charge in [-0.1, -0.05) is 38.2 Å². The number of nitrogens with one attached hydrogen (secondary N) is 4. The number of aliphatic hydroxyl groups is 1. The highest BCUT2D eigenvalue weighted by molar-refractivity contribution is 8.44. The molecule has 37 nitrogen and oxygen atoms in total. The lowest BCUT2D eigenvalue weighted by Gasteiger charge is -2.28. The number of primary amides is 1. The first kappa shape index (κ1) is 66.4. The van der Waals surface area contributed by atoms with Crippen molar-refractivity contribution in [3.63, 3.8) is 0 Å². The monoisotopic (exact) mass is 1370 g/mol. The molecule has 5 aromatic rings. The molecule has 2 spiro atoms. The Morgan fingerprint density at radius 1 is 0.849 bits per heavy atom. The number of hydrogen-bond donors (Lipinski definition) is 10. The Kier molecular flexibility index (Phi) is 18.8. The van der Waals surface area contributed by atoms with Gasteiger partial charge in [0.1, 0.15) is 90.7 Å². The van der Waals surface area contributed by atoms with Crippen molar-refractivity contribution in [2.24, 2.45) is 11.7 Å². The molecule has 6 aliphatic rings. The molecule has 14 atom stereocenters. The van der Waals surface area contributed by atoms with E-state index >= 15 is 0 Å². The Balaban J connectivity index is 0.712. The number of imide groups is 1. The number of aliphatic hydroxyl groups excluding tert-OH is 1. The summed E-state index contributed by atoms with van der Waals surface area (Å²) in [5.41, 5.74) is 15.3. The first-order valence-corrected chi connectivity index (χ1v) is 34.0. The van der Waals surface area contributed by atoms with Crippen molar-refractivity contribution >= 4 is 125 Å². The molecule has 11 rings (SSSR count). The predicted octanol–water partition coefficient (Wildman–Crippen LogP) is 0.461. The standard InChI is InChI=1S/C52H63N17O20P2S2/c1-24(2)33(65-30(70)12-14-67-31(71)10-11-32(67)72)45(75)64-27(5-4-13-56-48(55)76)44(74)63-26-8-6-25(7-9-26)19-82-49(77)66(3)15-16-81-50(78)83-37-39-52(85-47(37)69-23-62-35-41(54)58-21-60-43(35)69)18-29(52)87-90(79,92)88-36-38(73)51(17-28(51)86-91(80,93)89-39)84-46(36)68-22-61-34-40(53)57-20-59-42(34)68/h6-11,20-24,27-29,33,36-39,46-47,73H,4-5,12-19H2,1-3H3,(H,63,74)(H,64,75)(H,65,70)(H,79,92)(H,80,93)(H2,53,57,59)(H2,54,58,60)(H3,55,56,76)/t27-,28+,29+,33-,36+,37+,38-,39-,46+,47+,51?,52?,90?,91?/m0/s1. The average Bonchev–Trinajstić information content (AvgIpc) is 1.53. The third-order valence-electron chi connectivity index (χ3n) is 16.1. The molecule has 5 fully saturated rings. The van der Waals surface area contributed by atoms with Crippen LogP contribution in [-0.2, 0) is 88.7 Å². The number of urea groups is 1. The Bertz CT molecular complexity index is 3910. The fraction of sp³-hybridized carbons (Fsp3) is 0.500. The van der Waals surface area contributed by atoms with Crippen LogP contribution in [0.1, 0.15) is 64.0 Å². The first-order chi connectivity index (χ1) is 44.2. The van der Waals surface area contributed by atoms with Crippen LogP contribution < -0.4 is 38.5 Å². The van der Waals surface area contributed by atoms with Gasteiger partial charge in [0.2, 0.25) is 17.7 Å². The number of carbonyl (C=O) groups excluding carboxylic acids is 8. The number of imidazole rings is 2. The third-order valence-corrected chi connectivity index (χ3v) is 19.2. The number of thiol groups is 1. The molecule has 3 saturated heterocycles. The van der Waals surface area contributed by atoms with Gasteiger partial charge in [0, 0.05) is 57.2 Å². The lowest BCUT2D eigenvalue weighted by molar-refractivity contribution is -0.137. The predicted molar refractivity (Wildman–Crippen MR) is 323 cm³/mol. The molecule has 12 N–H and O–H groups in total. The fourth-order valence-electron chi connectivity index (χ4n) is 11.1. The van der Waals surface area contributed by atoms with Gasteiger partial charge in [-0.15, -0.1) is 0 Å². The van der Waals surface area contributed by atoms with E-state index in [1.807, 2.05) is 0 Å². The zero-order chi connectivity index (χ0) is 66.5. The number of hydrogen-bond acceptors (Lipinski definition) is 28. The molecule has 2 aliphatic carbocycles. The van der Waals surface area contributed by atoms with Crippen LogP contribution in [0.15, 0.2) is 61.7 Å². The van der Waals surface area contributed by atoms with Crippen molar-refractivity contribution in [3.05, 3.63) is 67.3 Å². The summed E-state index contributed by atoms with van der Waals surface area (Å²) in [6.07, 6.45) is -6.96. The van der Waals surface area contributed by atoms with Crippen LogP contribution in [0.25, 0.3) is 22.3 Å². The van der Waals surface area contributed by atoms with Crippen LogP contribution in [0.2, 0.25) is 0 Å². The minimum Gasteiger partial charge on any atom is -0.445 e. The number of fused-ring (bicyclic) bond motifs is 3. The summed E-state index contributed by atoms with van der Waals surface area (Å²) in [6, 6.07) is 3.06. The number of benzene rings is 1. The Morgan fingerprint density at radius 3 is 2.12 bits per heavy atom. The van der Waals surface area contributed by atoms with Gasteiger partial charge >= 0.3 is 31.8 Å². The quantitative estimate of drug-likeness (QED) is 0.0157. The molecular formula is C52H63N17O20P2S2. The van der Waals surface area contributed by atoms with E-state index in [-0.39, 0.29) is 98.0 Å². The molecule has 41 heteroatoms. The second kappa shape index (κ2) is 26.4. The van der Waals surface area contributed by atoms with Gasteiger partial charge in [-0.2, -0.15) is 0 Å². The molecule has 1 aromatic carbocycles. The number of rotatable bonds is 21. The van der Waals surface area contributed by atoms with Gasteiger partial charge in [-0.05, 0) is 48.3 Å². The zero-order valence-electron chi connectivity index (χ0n) is 49.4. The molecule has 4 aromatic heterocycles. The van der Waals surface area contributed by atoms with Crippen molar-refractivity contribution in [2.75, 3.05) is 50.1 Å². The van der Waals surface area contributed by atoms with E-state index in [1.165, 1.54) is 47.3 Å². The van der Waals surface area contributed by atoms with Crippen LogP contribution >= 0.6 is 25.8 Å². The van der Waals surface area contributed by atoms with Gasteiger partial charge in [-0.3, -0.25) is 51.6 Å². The van der Waals surface area contributed by atoms with Crippen molar-refractivity contribution < 1.29 is 94.7 Å². The maximum atomic E-state index is 14.6. The van der Waals surface area contributed by atoms with Crippen LogP contribution in [-0.4, -0.2) is 200 Å². The summed E-state index contributed by atoms with van der Waals surface area (Å²) in [5.74, 6) is -3.54. The number of likely N-dealkylation sites (N-methyl/N-ethyl adjacent to an activating group) is 1. The number of nitrogens with two attached hydrogens (primary N) is 3. The molecule has 498 valence electrons. The zero-order valence-corrected chi connectivity index (χ0v) is 52.9. The number of nitrogens with zero attached hydrogens (tertiary/aromatic N) is 10. The maximum absolute atomic E-state index is 14.6. The van der Waals surface area contributed by atoms with Gasteiger partial charge in [0.25, 0.3) is 11.8 Å². The summed E-state index contributed by atoms with van der Waals surface area (Å²) >= 11 is 9.93. The van der Waals surface area contributed by atoms with E-state index in [2.05, 4.69) is 63.4 Å². The number of ether oxygens (including phenoxy) is 5. The largest absolute Gasteiger partial charge is 0.508 e. The molecule has 4 aliphatic heterocycles. The molecule has 8 amide bonds. The van der Waals surface area contributed by atoms with Crippen molar-refractivity contribution in [1.29, 1.82) is 0 Å². The average molecular weight is 1370 g/mol. The van der Waals surface area contributed by atoms with E-state index in [0.717, 1.165) is 28.3 Å².